The molecule has 3 rings (SSSR count). The van der Waals surface area contributed by atoms with Gasteiger partial charge in [-0.1, -0.05) is 25.7 Å². The summed E-state index contributed by atoms with van der Waals surface area (Å²) in [6.45, 7) is 0. The standard InChI is InChI=1S/C16H19NO4/c1-21-15(20)12-13(18)11-7-6-10-17(11)16(14(12)19)8-4-2-3-5-9-16/h6-7,10,19H,2-5,8-9H2,1H3. The molecule has 5 heteroatoms. The van der Waals surface area contributed by atoms with Gasteiger partial charge in [0.15, 0.2) is 0 Å². The van der Waals surface area contributed by atoms with Crippen LogP contribution in [0.2, 0.25) is 0 Å². The van der Waals surface area contributed by atoms with Gasteiger partial charge in [0, 0.05) is 6.20 Å². The number of aromatic nitrogens is 1. The fourth-order valence-corrected chi connectivity index (χ4v) is 3.60. The van der Waals surface area contributed by atoms with Crippen LogP contribution in [0.1, 0.15) is 49.0 Å². The van der Waals surface area contributed by atoms with Gasteiger partial charge in [0.25, 0.3) is 0 Å². The van der Waals surface area contributed by atoms with Gasteiger partial charge in [0.1, 0.15) is 16.9 Å². The molecule has 1 aromatic heterocycles. The molecule has 1 N–H and O–H groups in total. The first-order chi connectivity index (χ1) is 10.1. The Hall–Kier alpha value is -2.04. The minimum Gasteiger partial charge on any atom is -0.509 e. The molecule has 21 heavy (non-hydrogen) atoms. The summed E-state index contributed by atoms with van der Waals surface area (Å²) in [6, 6.07) is 3.48. The lowest BCUT2D eigenvalue weighted by Crippen LogP contribution is -2.43. The first-order valence-corrected chi connectivity index (χ1v) is 7.36. The summed E-state index contributed by atoms with van der Waals surface area (Å²) in [7, 11) is 1.23. The van der Waals surface area contributed by atoms with Crippen LogP contribution >= 0.6 is 0 Å². The molecule has 1 aliphatic carbocycles. The summed E-state index contributed by atoms with van der Waals surface area (Å²) in [5.74, 6) is -1.34. The highest BCUT2D eigenvalue weighted by Gasteiger charge is 2.47. The molecule has 2 aliphatic rings. The molecule has 1 spiro atoms. The molecular weight excluding hydrogens is 270 g/mol. The van der Waals surface area contributed by atoms with Crippen molar-refractivity contribution in [1.82, 2.24) is 4.57 Å². The minimum atomic E-state index is -0.756. The number of carbonyl (C=O) groups excluding carboxylic acids is 2. The summed E-state index contributed by atoms with van der Waals surface area (Å²) < 4.78 is 6.55. The van der Waals surface area contributed by atoms with Gasteiger partial charge in [-0.2, -0.15) is 0 Å². The minimum absolute atomic E-state index is 0.120. The van der Waals surface area contributed by atoms with Crippen LogP contribution in [-0.2, 0) is 15.1 Å². The molecule has 1 aliphatic heterocycles. The third-order valence-electron chi connectivity index (χ3n) is 4.67. The summed E-state index contributed by atoms with van der Waals surface area (Å²) in [6.07, 6.45) is 7.42. The third kappa shape index (κ3) is 1.91. The first kappa shape index (κ1) is 13.9. The fourth-order valence-electron chi connectivity index (χ4n) is 3.60. The number of aliphatic hydroxyl groups excluding tert-OH is 1. The van der Waals surface area contributed by atoms with Crippen LogP contribution in [0.25, 0.3) is 0 Å². The van der Waals surface area contributed by atoms with E-state index in [0.29, 0.717) is 5.69 Å². The Bertz CT molecular complexity index is 618. The van der Waals surface area contributed by atoms with Crippen molar-refractivity contribution in [2.75, 3.05) is 7.11 Å². The molecule has 1 saturated carbocycles. The lowest BCUT2D eigenvalue weighted by atomic mass is 9.81. The van der Waals surface area contributed by atoms with Gasteiger partial charge in [0.2, 0.25) is 5.78 Å². The van der Waals surface area contributed by atoms with Crippen molar-refractivity contribution < 1.29 is 19.4 Å². The number of ether oxygens (including phenoxy) is 1. The fraction of sp³-hybridized carbons (Fsp3) is 0.500. The predicted octanol–water partition coefficient (Wildman–Crippen LogP) is 2.72. The molecule has 0 radical (unpaired) electrons. The highest BCUT2D eigenvalue weighted by Crippen LogP contribution is 2.44. The van der Waals surface area contributed by atoms with Crippen molar-refractivity contribution in [3.63, 3.8) is 0 Å². The lowest BCUT2D eigenvalue weighted by Gasteiger charge is -2.39. The Morgan fingerprint density at radius 2 is 1.95 bits per heavy atom. The molecule has 5 nitrogen and oxygen atoms in total. The van der Waals surface area contributed by atoms with Crippen LogP contribution in [0.3, 0.4) is 0 Å². The smallest absolute Gasteiger partial charge is 0.345 e. The number of nitrogens with zero attached hydrogens (tertiary/aromatic N) is 1. The zero-order valence-corrected chi connectivity index (χ0v) is 12.1. The molecule has 1 aromatic rings. The second-order valence-electron chi connectivity index (χ2n) is 5.75. The van der Waals surface area contributed by atoms with Crippen molar-refractivity contribution >= 4 is 11.8 Å². The second-order valence-corrected chi connectivity index (χ2v) is 5.75. The van der Waals surface area contributed by atoms with E-state index in [0.717, 1.165) is 38.5 Å². The van der Waals surface area contributed by atoms with E-state index < -0.39 is 17.3 Å². The maximum Gasteiger partial charge on any atom is 0.345 e. The molecule has 0 atom stereocenters. The second kappa shape index (κ2) is 5.06. The number of ketones is 1. The largest absolute Gasteiger partial charge is 0.509 e. The van der Waals surface area contributed by atoms with Crippen molar-refractivity contribution in [3.05, 3.63) is 35.4 Å². The molecule has 0 aromatic carbocycles. The molecule has 112 valence electrons. The van der Waals surface area contributed by atoms with E-state index >= 15 is 0 Å². The Labute approximate surface area is 123 Å². The topological polar surface area (TPSA) is 68.5 Å². The molecular formula is C16H19NO4. The first-order valence-electron chi connectivity index (χ1n) is 7.36. The Kier molecular flexibility index (Phi) is 3.35. The van der Waals surface area contributed by atoms with Gasteiger partial charge in [-0.3, -0.25) is 4.79 Å². The van der Waals surface area contributed by atoms with Crippen molar-refractivity contribution in [2.24, 2.45) is 0 Å². The van der Waals surface area contributed by atoms with E-state index in [4.69, 9.17) is 4.74 Å². The van der Waals surface area contributed by atoms with Crippen LogP contribution in [0.5, 0.6) is 0 Å². The van der Waals surface area contributed by atoms with Crippen LogP contribution in [0.4, 0.5) is 0 Å². The molecule has 2 heterocycles. The lowest BCUT2D eigenvalue weighted by molar-refractivity contribution is -0.136. The van der Waals surface area contributed by atoms with Gasteiger partial charge >= 0.3 is 5.97 Å². The van der Waals surface area contributed by atoms with E-state index in [1.165, 1.54) is 7.11 Å². The van der Waals surface area contributed by atoms with Gasteiger partial charge in [-0.25, -0.2) is 4.79 Å². The zero-order chi connectivity index (χ0) is 15.0. The number of hydrogen-bond acceptors (Lipinski definition) is 4. The average Bonchev–Trinajstić information content (AvgIpc) is 2.85. The number of esters is 1. The molecule has 0 unspecified atom stereocenters. The number of fused-ring (bicyclic) bond motifs is 2. The third-order valence-corrected chi connectivity index (χ3v) is 4.67. The average molecular weight is 289 g/mol. The van der Waals surface area contributed by atoms with E-state index in [9.17, 15) is 14.7 Å². The van der Waals surface area contributed by atoms with Crippen LogP contribution in [0, 0.1) is 0 Å². The zero-order valence-electron chi connectivity index (χ0n) is 12.1. The normalized spacial score (nSPS) is 21.1. The number of hydrogen-bond donors (Lipinski definition) is 1. The monoisotopic (exact) mass is 289 g/mol. The summed E-state index contributed by atoms with van der Waals surface area (Å²) in [4.78, 5) is 24.4. The van der Waals surface area contributed by atoms with E-state index in [-0.39, 0.29) is 11.3 Å². The van der Waals surface area contributed by atoms with E-state index in [2.05, 4.69) is 0 Å². The van der Waals surface area contributed by atoms with Crippen molar-refractivity contribution in [1.29, 1.82) is 0 Å². The maximum absolute atomic E-state index is 12.5. The highest BCUT2D eigenvalue weighted by molar-refractivity contribution is 6.24. The molecule has 1 fully saturated rings. The van der Waals surface area contributed by atoms with Crippen LogP contribution in [0.15, 0.2) is 29.7 Å². The highest BCUT2D eigenvalue weighted by atomic mass is 16.5. The molecule has 0 bridgehead atoms. The summed E-state index contributed by atoms with van der Waals surface area (Å²) in [5, 5.41) is 10.7. The SMILES string of the molecule is COC(=O)C1=C(O)C2(CCCCCC2)n2cccc2C1=O. The quantitative estimate of drug-likeness (QED) is 0.637. The van der Waals surface area contributed by atoms with Crippen LogP contribution < -0.4 is 0 Å². The number of Topliss-reactive ketones (excluding diaryl/α,β-unsaturated/α-hetero) is 1. The van der Waals surface area contributed by atoms with Crippen LogP contribution in [-0.4, -0.2) is 28.5 Å². The van der Waals surface area contributed by atoms with Gasteiger partial charge in [0.05, 0.1) is 12.8 Å². The Morgan fingerprint density at radius 3 is 2.57 bits per heavy atom. The van der Waals surface area contributed by atoms with E-state index in [1.807, 2.05) is 10.8 Å². The van der Waals surface area contributed by atoms with Crippen molar-refractivity contribution in [2.45, 2.75) is 44.1 Å². The predicted molar refractivity (Wildman–Crippen MR) is 76.1 cm³/mol. The number of aliphatic hydroxyl groups is 1. The van der Waals surface area contributed by atoms with Crippen molar-refractivity contribution in [3.8, 4) is 0 Å². The van der Waals surface area contributed by atoms with Gasteiger partial charge in [-0.05, 0) is 25.0 Å². The maximum atomic E-state index is 12.5. The number of rotatable bonds is 1. The number of carbonyl (C=O) groups is 2. The number of methoxy groups -OCH3 is 1. The number of allylic oxidation sites excluding steroid dienone is 1. The van der Waals surface area contributed by atoms with E-state index in [1.54, 1.807) is 12.1 Å². The van der Waals surface area contributed by atoms with Gasteiger partial charge < -0.3 is 14.4 Å². The summed E-state index contributed by atoms with van der Waals surface area (Å²) in [5.41, 5.74) is -0.423. The molecule has 0 amide bonds. The summed E-state index contributed by atoms with van der Waals surface area (Å²) >= 11 is 0. The Balaban J connectivity index is 2.22. The Morgan fingerprint density at radius 1 is 1.29 bits per heavy atom. The van der Waals surface area contributed by atoms with Gasteiger partial charge in [-0.15, -0.1) is 0 Å². The molecule has 0 saturated heterocycles.